The normalized spacial score (nSPS) is 11.2. The number of rotatable bonds is 10. The summed E-state index contributed by atoms with van der Waals surface area (Å²) in [6.45, 7) is 7.68. The fourth-order valence-electron chi connectivity index (χ4n) is 3.53. The summed E-state index contributed by atoms with van der Waals surface area (Å²) in [7, 11) is 5.73. The predicted molar refractivity (Wildman–Crippen MR) is 131 cm³/mol. The van der Waals surface area contributed by atoms with Gasteiger partial charge in [-0.15, -0.1) is 0 Å². The van der Waals surface area contributed by atoms with Gasteiger partial charge in [0.25, 0.3) is 5.91 Å². The van der Waals surface area contributed by atoms with Gasteiger partial charge < -0.3 is 14.5 Å². The molecule has 2 aromatic carbocycles. The quantitative estimate of drug-likeness (QED) is 0.455. The van der Waals surface area contributed by atoms with Crippen molar-refractivity contribution in [3.63, 3.8) is 0 Å². The van der Waals surface area contributed by atoms with Gasteiger partial charge >= 0.3 is 0 Å². The van der Waals surface area contributed by atoms with Gasteiger partial charge in [-0.2, -0.15) is 0 Å². The van der Waals surface area contributed by atoms with Crippen LogP contribution in [0.4, 0.5) is 10.8 Å². The number of carbonyl (C=O) groups is 1. The Hall–Kier alpha value is -2.64. The highest BCUT2D eigenvalue weighted by Crippen LogP contribution is 2.32. The van der Waals surface area contributed by atoms with E-state index >= 15 is 0 Å². The molecule has 0 saturated carbocycles. The van der Waals surface area contributed by atoms with Crippen LogP contribution in [0.5, 0.6) is 5.75 Å². The molecule has 0 aliphatic carbocycles. The van der Waals surface area contributed by atoms with Crippen molar-refractivity contribution in [1.82, 2.24) is 9.88 Å². The summed E-state index contributed by atoms with van der Waals surface area (Å²) in [5, 5.41) is 0.722. The number of hydrogen-bond acceptors (Lipinski definition) is 6. The number of aromatic nitrogens is 1. The zero-order valence-corrected chi connectivity index (χ0v) is 19.9. The second-order valence-electron chi connectivity index (χ2n) is 7.66. The largest absolute Gasteiger partial charge is 0.497 e. The molecular formula is C24H32N4O2S. The van der Waals surface area contributed by atoms with Crippen LogP contribution < -0.4 is 14.5 Å². The summed E-state index contributed by atoms with van der Waals surface area (Å²) < 4.78 is 6.36. The molecule has 3 aromatic rings. The molecule has 0 aliphatic heterocycles. The van der Waals surface area contributed by atoms with Crippen LogP contribution >= 0.6 is 11.3 Å². The van der Waals surface area contributed by atoms with Crippen LogP contribution in [-0.4, -0.2) is 63.2 Å². The summed E-state index contributed by atoms with van der Waals surface area (Å²) in [5.41, 5.74) is 2.66. The first-order valence-electron chi connectivity index (χ1n) is 10.7. The van der Waals surface area contributed by atoms with Gasteiger partial charge in [-0.05, 0) is 77.3 Å². The minimum Gasteiger partial charge on any atom is -0.497 e. The number of anilines is 2. The molecule has 3 rings (SSSR count). The molecule has 0 unspecified atom stereocenters. The van der Waals surface area contributed by atoms with Crippen molar-refractivity contribution in [3.05, 3.63) is 48.0 Å². The highest BCUT2D eigenvalue weighted by molar-refractivity contribution is 7.22. The Labute approximate surface area is 189 Å². The van der Waals surface area contributed by atoms with E-state index in [9.17, 15) is 4.79 Å². The Balaban J connectivity index is 1.90. The maximum absolute atomic E-state index is 13.5. The van der Waals surface area contributed by atoms with Gasteiger partial charge in [0.05, 0.1) is 17.3 Å². The van der Waals surface area contributed by atoms with Gasteiger partial charge in [0.1, 0.15) is 5.75 Å². The number of benzene rings is 2. The SMILES string of the molecule is CCN(CC)c1ccc(C(=O)N(CCCN(C)C)c2nc3cc(OC)ccc3s2)cc1. The number of amides is 1. The molecule has 0 atom stereocenters. The van der Waals surface area contributed by atoms with E-state index in [0.29, 0.717) is 12.1 Å². The molecule has 6 nitrogen and oxygen atoms in total. The zero-order chi connectivity index (χ0) is 22.4. The maximum Gasteiger partial charge on any atom is 0.260 e. The molecule has 0 radical (unpaired) electrons. The van der Waals surface area contributed by atoms with E-state index in [2.05, 4.69) is 23.6 Å². The minimum atomic E-state index is -0.0177. The fourth-order valence-corrected chi connectivity index (χ4v) is 4.50. The molecule has 166 valence electrons. The Morgan fingerprint density at radius 2 is 1.74 bits per heavy atom. The van der Waals surface area contributed by atoms with Crippen LogP contribution in [0.25, 0.3) is 10.2 Å². The summed E-state index contributed by atoms with van der Waals surface area (Å²) in [4.78, 5) is 24.5. The van der Waals surface area contributed by atoms with E-state index in [4.69, 9.17) is 9.72 Å². The van der Waals surface area contributed by atoms with Crippen molar-refractivity contribution < 1.29 is 9.53 Å². The van der Waals surface area contributed by atoms with Crippen molar-refractivity contribution in [2.45, 2.75) is 20.3 Å². The minimum absolute atomic E-state index is 0.0177. The Bertz CT molecular complexity index is 996. The Morgan fingerprint density at radius 1 is 1.03 bits per heavy atom. The molecule has 1 amide bonds. The average Bonchev–Trinajstić information content (AvgIpc) is 3.20. The standard InChI is InChI=1S/C24H32N4O2S/c1-6-27(7-2)19-11-9-18(10-12-19)23(29)28(16-8-15-26(3)4)24-25-21-17-20(30-5)13-14-22(21)31-24/h9-14,17H,6-8,15-16H2,1-5H3. The number of ether oxygens (including phenoxy) is 1. The van der Waals surface area contributed by atoms with E-state index < -0.39 is 0 Å². The number of fused-ring (bicyclic) bond motifs is 1. The molecule has 7 heteroatoms. The molecule has 31 heavy (non-hydrogen) atoms. The van der Waals surface area contributed by atoms with Gasteiger partial charge in [-0.25, -0.2) is 4.98 Å². The molecule has 0 spiro atoms. The number of carbonyl (C=O) groups excluding carboxylic acids is 1. The van der Waals surface area contributed by atoms with Crippen molar-refractivity contribution in [1.29, 1.82) is 0 Å². The van der Waals surface area contributed by atoms with Crippen LogP contribution in [0, 0.1) is 0 Å². The number of hydrogen-bond donors (Lipinski definition) is 0. The van der Waals surface area contributed by atoms with E-state index in [0.717, 1.165) is 52.8 Å². The first kappa shape index (κ1) is 23.0. The zero-order valence-electron chi connectivity index (χ0n) is 19.1. The number of methoxy groups -OCH3 is 1. The molecule has 0 saturated heterocycles. The van der Waals surface area contributed by atoms with Crippen LogP contribution in [0.3, 0.4) is 0 Å². The predicted octanol–water partition coefficient (Wildman–Crippen LogP) is 4.75. The third kappa shape index (κ3) is 5.54. The van der Waals surface area contributed by atoms with Crippen LogP contribution in [0.15, 0.2) is 42.5 Å². The van der Waals surface area contributed by atoms with E-state index in [1.54, 1.807) is 7.11 Å². The van der Waals surface area contributed by atoms with Crippen LogP contribution in [0.2, 0.25) is 0 Å². The first-order chi connectivity index (χ1) is 15.0. The van der Waals surface area contributed by atoms with Gasteiger partial charge in [0.15, 0.2) is 5.13 Å². The molecule has 0 N–H and O–H groups in total. The summed E-state index contributed by atoms with van der Waals surface area (Å²) in [6.07, 6.45) is 0.871. The second-order valence-corrected chi connectivity index (χ2v) is 8.67. The lowest BCUT2D eigenvalue weighted by Gasteiger charge is -2.23. The Morgan fingerprint density at radius 3 is 2.35 bits per heavy atom. The molecule has 0 bridgehead atoms. The molecule has 0 fully saturated rings. The topological polar surface area (TPSA) is 48.9 Å². The molecule has 1 heterocycles. The average molecular weight is 441 g/mol. The maximum atomic E-state index is 13.5. The molecule has 0 aliphatic rings. The number of nitrogens with zero attached hydrogens (tertiary/aromatic N) is 4. The highest BCUT2D eigenvalue weighted by atomic mass is 32.1. The lowest BCUT2D eigenvalue weighted by atomic mass is 10.1. The highest BCUT2D eigenvalue weighted by Gasteiger charge is 2.21. The summed E-state index contributed by atoms with van der Waals surface area (Å²) in [6, 6.07) is 13.7. The van der Waals surface area contributed by atoms with Gasteiger partial charge in [-0.3, -0.25) is 9.69 Å². The number of thiazole rings is 1. The van der Waals surface area contributed by atoms with Gasteiger partial charge in [0, 0.05) is 37.0 Å². The van der Waals surface area contributed by atoms with Gasteiger partial charge in [0.2, 0.25) is 0 Å². The van der Waals surface area contributed by atoms with Crippen molar-refractivity contribution in [2.24, 2.45) is 0 Å². The van der Waals surface area contributed by atoms with Crippen molar-refractivity contribution >= 4 is 38.3 Å². The van der Waals surface area contributed by atoms with Crippen LogP contribution in [-0.2, 0) is 0 Å². The third-order valence-corrected chi connectivity index (χ3v) is 6.35. The smallest absolute Gasteiger partial charge is 0.260 e. The lowest BCUT2D eigenvalue weighted by molar-refractivity contribution is 0.0986. The lowest BCUT2D eigenvalue weighted by Crippen LogP contribution is -2.33. The second kappa shape index (κ2) is 10.6. The molecular weight excluding hydrogens is 408 g/mol. The van der Waals surface area contributed by atoms with Crippen molar-refractivity contribution in [2.75, 3.05) is 57.2 Å². The summed E-state index contributed by atoms with van der Waals surface area (Å²) in [5.74, 6) is 0.748. The summed E-state index contributed by atoms with van der Waals surface area (Å²) >= 11 is 1.54. The fraction of sp³-hybridized carbons (Fsp3) is 0.417. The van der Waals surface area contributed by atoms with E-state index in [1.807, 2.05) is 61.5 Å². The van der Waals surface area contributed by atoms with E-state index in [1.165, 1.54) is 11.3 Å². The Kier molecular flexibility index (Phi) is 7.87. The monoisotopic (exact) mass is 440 g/mol. The van der Waals surface area contributed by atoms with Gasteiger partial charge in [-0.1, -0.05) is 11.3 Å². The van der Waals surface area contributed by atoms with E-state index in [-0.39, 0.29) is 5.91 Å². The van der Waals surface area contributed by atoms with Crippen molar-refractivity contribution in [3.8, 4) is 5.75 Å². The first-order valence-corrected chi connectivity index (χ1v) is 11.5. The molecule has 1 aromatic heterocycles. The van der Waals surface area contributed by atoms with Crippen LogP contribution in [0.1, 0.15) is 30.6 Å². The third-order valence-electron chi connectivity index (χ3n) is 5.29.